The number of aliphatic hydroxyl groups is 2. The van der Waals surface area contributed by atoms with Crippen molar-refractivity contribution in [2.75, 3.05) is 13.2 Å². The Balaban J connectivity index is 1.10. The van der Waals surface area contributed by atoms with Crippen molar-refractivity contribution in [3.05, 3.63) is 23.3 Å². The molecule has 6 fully saturated rings. The van der Waals surface area contributed by atoms with E-state index >= 15 is 0 Å². The zero-order valence-corrected chi connectivity index (χ0v) is 30.7. The maximum absolute atomic E-state index is 14.0. The Hall–Kier alpha value is -2.19. The van der Waals surface area contributed by atoms with E-state index in [0.29, 0.717) is 30.5 Å². The summed E-state index contributed by atoms with van der Waals surface area (Å²) >= 11 is 0. The number of ketones is 1. The summed E-state index contributed by atoms with van der Waals surface area (Å²) in [6, 6.07) is 0. The van der Waals surface area contributed by atoms with E-state index in [0.717, 1.165) is 56.3 Å². The summed E-state index contributed by atoms with van der Waals surface area (Å²) in [6.07, 6.45) is 18.3. The van der Waals surface area contributed by atoms with Crippen molar-refractivity contribution in [3.63, 3.8) is 0 Å². The minimum atomic E-state index is -1.83. The van der Waals surface area contributed by atoms with Crippen molar-refractivity contribution in [2.24, 2.45) is 52.3 Å². The van der Waals surface area contributed by atoms with Gasteiger partial charge in [0.05, 0.1) is 12.0 Å². The maximum atomic E-state index is 14.0. The summed E-state index contributed by atoms with van der Waals surface area (Å²) in [4.78, 5) is 40.3. The number of alkyl carbamates (subject to hydrolysis) is 1. The Labute approximate surface area is 293 Å². The van der Waals surface area contributed by atoms with Crippen LogP contribution in [-0.2, 0) is 19.1 Å². The lowest BCUT2D eigenvalue weighted by molar-refractivity contribution is -0.189. The van der Waals surface area contributed by atoms with Crippen molar-refractivity contribution in [1.82, 2.24) is 5.32 Å². The highest BCUT2D eigenvalue weighted by molar-refractivity contribution is 6.04. The first-order valence-corrected chi connectivity index (χ1v) is 19.7. The molecular formula is C41H61NO7. The smallest absolute Gasteiger partial charge is 0.407 e. The SMILES string of the molecule is CCCCCCCCNC(=O)OCC1=C[C@H]2[C@@H]3C(C)(C)[C@]3(OC(=O)CC34CC5CC(CC(C5)C3)C4)C[C@@H](C)[C@]2(O)[C@@H]2C=C(C)C(=O)[C@@]2(O)C1. The summed E-state index contributed by atoms with van der Waals surface area (Å²) in [5.74, 6) is -0.122. The largest absolute Gasteiger partial charge is 0.458 e. The lowest BCUT2D eigenvalue weighted by Gasteiger charge is -2.56. The van der Waals surface area contributed by atoms with E-state index in [1.165, 1.54) is 38.5 Å². The molecule has 0 radical (unpaired) electrons. The summed E-state index contributed by atoms with van der Waals surface area (Å²) in [6.45, 7) is 10.6. The van der Waals surface area contributed by atoms with Crippen LogP contribution < -0.4 is 5.32 Å². The van der Waals surface area contributed by atoms with Crippen LogP contribution in [-0.4, -0.2) is 58.0 Å². The molecule has 8 aliphatic carbocycles. The maximum Gasteiger partial charge on any atom is 0.407 e. The van der Waals surface area contributed by atoms with Crippen molar-refractivity contribution < 1.29 is 34.1 Å². The van der Waals surface area contributed by atoms with E-state index in [-0.39, 0.29) is 42.0 Å². The molecule has 0 aromatic heterocycles. The molecule has 0 heterocycles. The van der Waals surface area contributed by atoms with Gasteiger partial charge in [0.1, 0.15) is 17.8 Å². The second kappa shape index (κ2) is 12.5. The third kappa shape index (κ3) is 5.74. The zero-order chi connectivity index (χ0) is 35.0. The van der Waals surface area contributed by atoms with Crippen LogP contribution in [0.4, 0.5) is 4.79 Å². The summed E-state index contributed by atoms with van der Waals surface area (Å²) in [5, 5.41) is 27.8. The predicted octanol–water partition coefficient (Wildman–Crippen LogP) is 7.21. The number of carbonyl (C=O) groups is 3. The van der Waals surface area contributed by atoms with Gasteiger partial charge < -0.3 is 25.0 Å². The predicted molar refractivity (Wildman–Crippen MR) is 186 cm³/mol. The molecule has 0 spiro atoms. The fourth-order valence-corrected chi connectivity index (χ4v) is 12.9. The molecule has 0 aliphatic heterocycles. The quantitative estimate of drug-likeness (QED) is 0.113. The summed E-state index contributed by atoms with van der Waals surface area (Å²) in [7, 11) is 0. The molecular weight excluding hydrogens is 618 g/mol. The Morgan fingerprint density at radius 1 is 0.939 bits per heavy atom. The molecule has 8 heteroatoms. The number of nitrogens with one attached hydrogen (secondary N) is 1. The standard InChI is InChI=1S/C41H61NO7/c1-6-7-8-9-10-11-12-42-36(45)48-24-30-17-31-34-37(4,5)40(34,18-26(3)41(31,47)32-13-25(2)35(44)39(32,46)22-30)49-33(43)23-38-19-27-14-28(20-38)16-29(15-27)21-38/h13,17,26-29,31-32,34,46-47H,6-12,14-16,18-24H2,1-5H3,(H,42,45)/t26-,27?,28?,29?,31+,32-,34-,38?,39-,40+,41-/m1/s1. The van der Waals surface area contributed by atoms with Gasteiger partial charge in [-0.25, -0.2) is 4.79 Å². The second-order valence-corrected chi connectivity index (χ2v) is 18.5. The molecule has 272 valence electrons. The van der Waals surface area contributed by atoms with Crippen molar-refractivity contribution in [1.29, 1.82) is 0 Å². The summed E-state index contributed by atoms with van der Waals surface area (Å²) in [5.41, 5.74) is -3.32. The molecule has 4 bridgehead atoms. The molecule has 7 atom stereocenters. The fraction of sp³-hybridized carbons (Fsp3) is 0.829. The molecule has 8 aliphatic rings. The number of rotatable bonds is 12. The van der Waals surface area contributed by atoms with E-state index in [1.54, 1.807) is 13.0 Å². The van der Waals surface area contributed by atoms with Gasteiger partial charge in [0.15, 0.2) is 5.78 Å². The first kappa shape index (κ1) is 35.2. The number of fused-ring (bicyclic) bond motifs is 5. The monoisotopic (exact) mass is 679 g/mol. The van der Waals surface area contributed by atoms with Gasteiger partial charge in [-0.3, -0.25) is 9.59 Å². The highest BCUT2D eigenvalue weighted by Gasteiger charge is 2.83. The third-order valence-electron chi connectivity index (χ3n) is 14.8. The minimum Gasteiger partial charge on any atom is -0.458 e. The normalized spacial score (nSPS) is 43.8. The number of Topliss-reactive ketones (excluding diaryl/α,β-unsaturated/α-hetero) is 1. The zero-order valence-electron chi connectivity index (χ0n) is 30.7. The Kier molecular flexibility index (Phi) is 8.98. The lowest BCUT2D eigenvalue weighted by Crippen LogP contribution is -2.61. The number of hydrogen-bond donors (Lipinski definition) is 3. The molecule has 0 unspecified atom stereocenters. The van der Waals surface area contributed by atoms with E-state index in [2.05, 4.69) is 26.1 Å². The number of hydrogen-bond acceptors (Lipinski definition) is 7. The van der Waals surface area contributed by atoms with Crippen molar-refractivity contribution >= 4 is 17.8 Å². The molecule has 0 aromatic carbocycles. The van der Waals surface area contributed by atoms with Gasteiger partial charge in [0.25, 0.3) is 0 Å². The van der Waals surface area contributed by atoms with Gasteiger partial charge in [-0.05, 0) is 98.5 Å². The molecule has 0 saturated heterocycles. The average molecular weight is 680 g/mol. The molecule has 0 aromatic rings. The van der Waals surface area contributed by atoms with Gasteiger partial charge in [-0.15, -0.1) is 0 Å². The first-order chi connectivity index (χ1) is 23.2. The minimum absolute atomic E-state index is 0.0213. The Morgan fingerprint density at radius 2 is 1.57 bits per heavy atom. The number of esters is 1. The van der Waals surface area contributed by atoms with E-state index in [9.17, 15) is 24.6 Å². The first-order valence-electron chi connectivity index (χ1n) is 19.7. The van der Waals surface area contributed by atoms with Crippen LogP contribution in [0, 0.1) is 52.3 Å². The number of unbranched alkanes of at least 4 members (excludes halogenated alkanes) is 5. The van der Waals surface area contributed by atoms with Gasteiger partial charge in [-0.1, -0.05) is 72.0 Å². The van der Waals surface area contributed by atoms with Crippen LogP contribution in [0.3, 0.4) is 0 Å². The molecule has 8 rings (SSSR count). The van der Waals surface area contributed by atoms with E-state index < -0.39 is 40.1 Å². The second-order valence-electron chi connectivity index (χ2n) is 18.5. The highest BCUT2D eigenvalue weighted by atomic mass is 16.6. The van der Waals surface area contributed by atoms with Crippen LogP contribution in [0.5, 0.6) is 0 Å². The van der Waals surface area contributed by atoms with Crippen LogP contribution in [0.2, 0.25) is 0 Å². The van der Waals surface area contributed by atoms with Gasteiger partial charge >= 0.3 is 12.1 Å². The van der Waals surface area contributed by atoms with Crippen molar-refractivity contribution in [3.8, 4) is 0 Å². The van der Waals surface area contributed by atoms with Crippen LogP contribution in [0.1, 0.15) is 131 Å². The van der Waals surface area contributed by atoms with Crippen LogP contribution in [0.15, 0.2) is 23.3 Å². The third-order valence-corrected chi connectivity index (χ3v) is 14.8. The molecule has 49 heavy (non-hydrogen) atoms. The number of amides is 1. The van der Waals surface area contributed by atoms with Gasteiger partial charge in [0, 0.05) is 36.1 Å². The lowest BCUT2D eigenvalue weighted by atomic mass is 9.49. The summed E-state index contributed by atoms with van der Waals surface area (Å²) < 4.78 is 12.4. The topological polar surface area (TPSA) is 122 Å². The molecule has 3 N–H and O–H groups in total. The highest BCUT2D eigenvalue weighted by Crippen LogP contribution is 2.77. The fourth-order valence-electron chi connectivity index (χ4n) is 12.9. The molecule has 8 nitrogen and oxygen atoms in total. The number of ether oxygens (including phenoxy) is 2. The van der Waals surface area contributed by atoms with Crippen molar-refractivity contribution in [2.45, 2.75) is 148 Å². The van der Waals surface area contributed by atoms with Crippen LogP contribution >= 0.6 is 0 Å². The van der Waals surface area contributed by atoms with Gasteiger partial charge in [0.2, 0.25) is 0 Å². The number of carbonyl (C=O) groups excluding carboxylic acids is 3. The van der Waals surface area contributed by atoms with E-state index in [1.807, 2.05) is 13.0 Å². The van der Waals surface area contributed by atoms with Gasteiger partial charge in [-0.2, -0.15) is 0 Å². The molecule has 6 saturated carbocycles. The van der Waals surface area contributed by atoms with Crippen LogP contribution in [0.25, 0.3) is 0 Å². The Bertz CT molecular complexity index is 1380. The average Bonchev–Trinajstić information content (AvgIpc) is 3.42. The molecule has 1 amide bonds. The van der Waals surface area contributed by atoms with E-state index in [4.69, 9.17) is 9.47 Å². The Morgan fingerprint density at radius 3 is 2.22 bits per heavy atom.